The van der Waals surface area contributed by atoms with Crippen molar-refractivity contribution in [2.24, 2.45) is 0 Å². The summed E-state index contributed by atoms with van der Waals surface area (Å²) in [5.41, 5.74) is 1.41. The molecule has 0 saturated carbocycles. The lowest BCUT2D eigenvalue weighted by Crippen LogP contribution is -2.07. The molecule has 0 unspecified atom stereocenters. The van der Waals surface area contributed by atoms with Crippen LogP contribution in [0.3, 0.4) is 0 Å². The predicted molar refractivity (Wildman–Crippen MR) is 118 cm³/mol. The first-order valence-electron chi connectivity index (χ1n) is 11.6. The lowest BCUT2D eigenvalue weighted by molar-refractivity contribution is -0.107. The van der Waals surface area contributed by atoms with Crippen molar-refractivity contribution in [3.05, 3.63) is 29.8 Å². The molecule has 1 aromatic carbocycles. The third kappa shape index (κ3) is 14.7. The van der Waals surface area contributed by atoms with Crippen LogP contribution in [0.1, 0.15) is 96.0 Å². The number of rotatable bonds is 20. The largest absolute Gasteiger partial charge is 0.491 e. The van der Waals surface area contributed by atoms with Gasteiger partial charge in [-0.2, -0.15) is 0 Å². The number of hydrogen-bond donors (Lipinski definition) is 0. The van der Waals surface area contributed by atoms with Gasteiger partial charge in [0.1, 0.15) is 18.6 Å². The van der Waals surface area contributed by atoms with Crippen molar-refractivity contribution in [2.45, 2.75) is 96.8 Å². The maximum Gasteiger partial charge on any atom is 0.119 e. The van der Waals surface area contributed by atoms with Gasteiger partial charge in [0.2, 0.25) is 0 Å². The van der Waals surface area contributed by atoms with Crippen molar-refractivity contribution >= 4 is 6.29 Å². The van der Waals surface area contributed by atoms with Crippen molar-refractivity contribution in [3.63, 3.8) is 0 Å². The third-order valence-corrected chi connectivity index (χ3v) is 5.10. The number of benzene rings is 1. The maximum absolute atomic E-state index is 10.2. The van der Waals surface area contributed by atoms with E-state index in [9.17, 15) is 4.79 Å². The summed E-state index contributed by atoms with van der Waals surface area (Å²) in [5, 5.41) is 0. The highest BCUT2D eigenvalue weighted by Gasteiger charge is 1.98. The lowest BCUT2D eigenvalue weighted by Gasteiger charge is -2.08. The van der Waals surface area contributed by atoms with Crippen molar-refractivity contribution in [3.8, 4) is 5.75 Å². The van der Waals surface area contributed by atoms with Crippen molar-refractivity contribution in [2.75, 3.05) is 19.8 Å². The zero-order chi connectivity index (χ0) is 20.1. The van der Waals surface area contributed by atoms with Crippen LogP contribution in [0, 0.1) is 0 Å². The van der Waals surface area contributed by atoms with E-state index in [2.05, 4.69) is 31.2 Å². The molecule has 0 bridgehead atoms. The maximum atomic E-state index is 10.2. The first kappa shape index (κ1) is 24.7. The molecule has 0 aliphatic rings. The highest BCUT2D eigenvalue weighted by molar-refractivity contribution is 5.48. The van der Waals surface area contributed by atoms with E-state index in [1.165, 1.54) is 69.8 Å². The number of aldehydes is 1. The SMILES string of the molecule is CCCCCCCCCc1ccc(OCCOCCCCCCCC=O)cc1. The fourth-order valence-corrected chi connectivity index (χ4v) is 3.32. The van der Waals surface area contributed by atoms with Crippen LogP contribution in [-0.4, -0.2) is 26.1 Å². The molecule has 0 N–H and O–H groups in total. The number of unbranched alkanes of at least 4 members (excludes halogenated alkanes) is 11. The van der Waals surface area contributed by atoms with Gasteiger partial charge < -0.3 is 14.3 Å². The summed E-state index contributed by atoms with van der Waals surface area (Å²) in [5.74, 6) is 0.932. The Morgan fingerprint density at radius 2 is 1.36 bits per heavy atom. The molecule has 0 aliphatic heterocycles. The highest BCUT2D eigenvalue weighted by Crippen LogP contribution is 2.15. The minimum Gasteiger partial charge on any atom is -0.491 e. The Bertz CT molecular complexity index is 455. The smallest absolute Gasteiger partial charge is 0.119 e. The van der Waals surface area contributed by atoms with Crippen LogP contribution in [0.25, 0.3) is 0 Å². The van der Waals surface area contributed by atoms with E-state index >= 15 is 0 Å². The summed E-state index contributed by atoms with van der Waals surface area (Å²) < 4.78 is 11.4. The molecule has 0 heterocycles. The summed E-state index contributed by atoms with van der Waals surface area (Å²) in [7, 11) is 0. The van der Waals surface area contributed by atoms with Gasteiger partial charge in [0.05, 0.1) is 6.61 Å². The van der Waals surface area contributed by atoms with Crippen LogP contribution in [0.4, 0.5) is 0 Å². The standard InChI is InChI=1S/C25H42O3/c1-2-3-4-5-6-9-12-15-24-16-18-25(19-17-24)28-23-22-27-21-14-11-8-7-10-13-20-26/h16-20H,2-15,21-23H2,1H3. The minimum absolute atomic E-state index is 0.608. The second-order valence-corrected chi connectivity index (χ2v) is 7.70. The van der Waals surface area contributed by atoms with Gasteiger partial charge in [0, 0.05) is 13.0 Å². The summed E-state index contributed by atoms with van der Waals surface area (Å²) in [6, 6.07) is 8.54. The summed E-state index contributed by atoms with van der Waals surface area (Å²) in [6.07, 6.45) is 18.0. The molecule has 160 valence electrons. The monoisotopic (exact) mass is 390 g/mol. The summed E-state index contributed by atoms with van der Waals surface area (Å²) >= 11 is 0. The first-order valence-corrected chi connectivity index (χ1v) is 11.6. The minimum atomic E-state index is 0.608. The number of aryl methyl sites for hydroxylation is 1. The quantitative estimate of drug-likeness (QED) is 0.179. The van der Waals surface area contributed by atoms with E-state index in [0.29, 0.717) is 19.6 Å². The van der Waals surface area contributed by atoms with Crippen molar-refractivity contribution in [1.29, 1.82) is 0 Å². The van der Waals surface area contributed by atoms with E-state index in [4.69, 9.17) is 9.47 Å². The van der Waals surface area contributed by atoms with Gasteiger partial charge in [-0.25, -0.2) is 0 Å². The van der Waals surface area contributed by atoms with Gasteiger partial charge in [-0.15, -0.1) is 0 Å². The number of hydrogen-bond acceptors (Lipinski definition) is 3. The lowest BCUT2D eigenvalue weighted by atomic mass is 10.0. The molecule has 1 rings (SSSR count). The molecule has 0 radical (unpaired) electrons. The van der Waals surface area contributed by atoms with E-state index in [1.807, 2.05) is 0 Å². The molecule has 3 nitrogen and oxygen atoms in total. The van der Waals surface area contributed by atoms with E-state index in [1.54, 1.807) is 0 Å². The second-order valence-electron chi connectivity index (χ2n) is 7.70. The Hall–Kier alpha value is -1.35. The topological polar surface area (TPSA) is 35.5 Å². The molecule has 0 spiro atoms. The highest BCUT2D eigenvalue weighted by atomic mass is 16.5. The Kier molecular flexibility index (Phi) is 16.7. The van der Waals surface area contributed by atoms with E-state index in [-0.39, 0.29) is 0 Å². The second kappa shape index (κ2) is 19.0. The molecule has 0 atom stereocenters. The third-order valence-electron chi connectivity index (χ3n) is 5.10. The average molecular weight is 391 g/mol. The molecule has 0 aliphatic carbocycles. The molecular weight excluding hydrogens is 348 g/mol. The van der Waals surface area contributed by atoms with E-state index in [0.717, 1.165) is 37.9 Å². The molecular formula is C25H42O3. The average Bonchev–Trinajstić information content (AvgIpc) is 2.72. The first-order chi connectivity index (χ1) is 13.9. The molecule has 0 amide bonds. The van der Waals surface area contributed by atoms with Gasteiger partial charge in [-0.3, -0.25) is 0 Å². The van der Waals surface area contributed by atoms with Crippen LogP contribution in [0.5, 0.6) is 5.75 Å². The summed E-state index contributed by atoms with van der Waals surface area (Å²) in [4.78, 5) is 10.2. The Labute approximate surface area is 173 Å². The zero-order valence-electron chi connectivity index (χ0n) is 18.1. The fraction of sp³-hybridized carbons (Fsp3) is 0.720. The molecule has 0 aromatic heterocycles. The van der Waals surface area contributed by atoms with Crippen LogP contribution >= 0.6 is 0 Å². The predicted octanol–water partition coefficient (Wildman–Crippen LogP) is 6.91. The van der Waals surface area contributed by atoms with Crippen LogP contribution < -0.4 is 4.74 Å². The molecule has 0 saturated heterocycles. The normalized spacial score (nSPS) is 10.9. The molecule has 0 fully saturated rings. The van der Waals surface area contributed by atoms with E-state index < -0.39 is 0 Å². The molecule has 1 aromatic rings. The Morgan fingerprint density at radius 3 is 2.07 bits per heavy atom. The van der Waals surface area contributed by atoms with Gasteiger partial charge in [0.25, 0.3) is 0 Å². The van der Waals surface area contributed by atoms with Crippen LogP contribution in [0.2, 0.25) is 0 Å². The van der Waals surface area contributed by atoms with Crippen LogP contribution in [-0.2, 0) is 16.0 Å². The Morgan fingerprint density at radius 1 is 0.714 bits per heavy atom. The number of carbonyl (C=O) groups excluding carboxylic acids is 1. The molecule has 3 heteroatoms. The molecule has 28 heavy (non-hydrogen) atoms. The number of ether oxygens (including phenoxy) is 2. The van der Waals surface area contributed by atoms with Gasteiger partial charge in [-0.05, 0) is 43.4 Å². The summed E-state index contributed by atoms with van der Waals surface area (Å²) in [6.45, 7) is 4.32. The van der Waals surface area contributed by atoms with Gasteiger partial charge in [-0.1, -0.05) is 76.8 Å². The number of carbonyl (C=O) groups is 1. The zero-order valence-corrected chi connectivity index (χ0v) is 18.1. The Balaban J connectivity index is 1.94. The van der Waals surface area contributed by atoms with Crippen molar-refractivity contribution in [1.82, 2.24) is 0 Å². The van der Waals surface area contributed by atoms with Crippen molar-refractivity contribution < 1.29 is 14.3 Å². The van der Waals surface area contributed by atoms with Gasteiger partial charge in [0.15, 0.2) is 0 Å². The van der Waals surface area contributed by atoms with Gasteiger partial charge >= 0.3 is 0 Å². The van der Waals surface area contributed by atoms with Crippen LogP contribution in [0.15, 0.2) is 24.3 Å². The fourth-order valence-electron chi connectivity index (χ4n) is 3.32.